The molecule has 0 bridgehead atoms. The summed E-state index contributed by atoms with van der Waals surface area (Å²) in [4.78, 5) is 18.3. The average Bonchev–Trinajstić information content (AvgIpc) is 2.19. The number of benzene rings is 1. The molecule has 3 nitrogen and oxygen atoms in total. The van der Waals surface area contributed by atoms with Crippen LogP contribution < -0.4 is 5.56 Å². The van der Waals surface area contributed by atoms with Gasteiger partial charge in [-0.05, 0) is 12.1 Å². The van der Waals surface area contributed by atoms with Gasteiger partial charge in [0.25, 0.3) is 5.56 Å². The van der Waals surface area contributed by atoms with Gasteiger partial charge in [-0.2, -0.15) is 0 Å². The van der Waals surface area contributed by atoms with Gasteiger partial charge in [-0.1, -0.05) is 12.1 Å². The van der Waals surface area contributed by atoms with Gasteiger partial charge >= 0.3 is 0 Å². The molecule has 0 spiro atoms. The first-order valence-electron chi connectivity index (χ1n) is 4.22. The van der Waals surface area contributed by atoms with Gasteiger partial charge in [-0.15, -0.1) is 12.3 Å². The third-order valence-corrected chi connectivity index (χ3v) is 1.94. The molecule has 68 valence electrons. The first kappa shape index (κ1) is 8.52. The quantitative estimate of drug-likeness (QED) is 0.674. The second kappa shape index (κ2) is 3.35. The SMILES string of the molecule is C#CCc1nc2ccccc2[nH]c1=O. The van der Waals surface area contributed by atoms with Crippen LogP contribution >= 0.6 is 0 Å². The minimum Gasteiger partial charge on any atom is -0.319 e. The Labute approximate surface area is 80.8 Å². The fourth-order valence-corrected chi connectivity index (χ4v) is 1.28. The lowest BCUT2D eigenvalue weighted by molar-refractivity contribution is 1.07. The molecule has 0 saturated heterocycles. The minimum absolute atomic E-state index is 0.207. The molecule has 1 N–H and O–H groups in total. The molecule has 1 aromatic carbocycles. The zero-order valence-corrected chi connectivity index (χ0v) is 7.45. The lowest BCUT2D eigenvalue weighted by Crippen LogP contribution is -2.14. The third-order valence-electron chi connectivity index (χ3n) is 1.94. The van der Waals surface area contributed by atoms with E-state index in [0.717, 1.165) is 11.0 Å². The van der Waals surface area contributed by atoms with Crippen molar-refractivity contribution in [1.29, 1.82) is 0 Å². The van der Waals surface area contributed by atoms with Crippen molar-refractivity contribution < 1.29 is 0 Å². The van der Waals surface area contributed by atoms with Crippen molar-refractivity contribution in [3.05, 3.63) is 40.3 Å². The molecule has 0 saturated carbocycles. The van der Waals surface area contributed by atoms with Crippen LogP contribution in [0.3, 0.4) is 0 Å². The Morgan fingerprint density at radius 3 is 3.00 bits per heavy atom. The maximum Gasteiger partial charge on any atom is 0.271 e. The largest absolute Gasteiger partial charge is 0.319 e. The number of terminal acetylenes is 1. The summed E-state index contributed by atoms with van der Waals surface area (Å²) in [7, 11) is 0. The first-order chi connectivity index (χ1) is 6.81. The lowest BCUT2D eigenvalue weighted by Gasteiger charge is -1.98. The molecule has 0 aliphatic carbocycles. The number of nitrogens with one attached hydrogen (secondary N) is 1. The van der Waals surface area contributed by atoms with E-state index in [9.17, 15) is 4.79 Å². The summed E-state index contributed by atoms with van der Waals surface area (Å²) in [6, 6.07) is 7.36. The number of nitrogens with zero attached hydrogens (tertiary/aromatic N) is 1. The molecule has 2 rings (SSSR count). The Morgan fingerprint density at radius 1 is 1.43 bits per heavy atom. The van der Waals surface area contributed by atoms with Crippen molar-refractivity contribution in [2.45, 2.75) is 6.42 Å². The van der Waals surface area contributed by atoms with Gasteiger partial charge in [0.15, 0.2) is 0 Å². The molecule has 0 unspecified atom stereocenters. The second-order valence-corrected chi connectivity index (χ2v) is 2.91. The predicted molar refractivity (Wildman–Crippen MR) is 54.9 cm³/mol. The van der Waals surface area contributed by atoms with Gasteiger partial charge in [-0.25, -0.2) is 4.98 Å². The van der Waals surface area contributed by atoms with Crippen molar-refractivity contribution in [2.24, 2.45) is 0 Å². The van der Waals surface area contributed by atoms with Gasteiger partial charge in [0.2, 0.25) is 0 Å². The second-order valence-electron chi connectivity index (χ2n) is 2.91. The summed E-state index contributed by atoms with van der Waals surface area (Å²) in [5, 5.41) is 0. The van der Waals surface area contributed by atoms with Crippen LogP contribution in [-0.4, -0.2) is 9.97 Å². The zero-order valence-electron chi connectivity index (χ0n) is 7.45. The maximum atomic E-state index is 11.4. The third kappa shape index (κ3) is 1.38. The van der Waals surface area contributed by atoms with Crippen LogP contribution in [-0.2, 0) is 6.42 Å². The van der Waals surface area contributed by atoms with E-state index in [1.165, 1.54) is 0 Å². The van der Waals surface area contributed by atoms with E-state index in [-0.39, 0.29) is 12.0 Å². The number of rotatable bonds is 1. The van der Waals surface area contributed by atoms with Crippen LogP contribution in [0.2, 0.25) is 0 Å². The summed E-state index contributed by atoms with van der Waals surface area (Å²) in [5.74, 6) is 2.41. The molecule has 14 heavy (non-hydrogen) atoms. The molecule has 3 heteroatoms. The average molecular weight is 184 g/mol. The number of hydrogen-bond donors (Lipinski definition) is 1. The summed E-state index contributed by atoms with van der Waals surface area (Å²) in [6.45, 7) is 0. The number of hydrogen-bond acceptors (Lipinski definition) is 2. The Hall–Kier alpha value is -2.08. The molecular weight excluding hydrogens is 176 g/mol. The molecule has 0 aliphatic heterocycles. The van der Waals surface area contributed by atoms with Crippen LogP contribution in [0.5, 0.6) is 0 Å². The maximum absolute atomic E-state index is 11.4. The minimum atomic E-state index is -0.207. The summed E-state index contributed by atoms with van der Waals surface area (Å²) in [5.41, 5.74) is 1.68. The fourth-order valence-electron chi connectivity index (χ4n) is 1.28. The highest BCUT2D eigenvalue weighted by atomic mass is 16.1. The smallest absolute Gasteiger partial charge is 0.271 e. The van der Waals surface area contributed by atoms with Crippen LogP contribution in [0.15, 0.2) is 29.1 Å². The van der Waals surface area contributed by atoms with Crippen molar-refractivity contribution in [2.75, 3.05) is 0 Å². The van der Waals surface area contributed by atoms with Gasteiger partial charge in [-0.3, -0.25) is 4.79 Å². The molecule has 0 amide bonds. The molecule has 0 atom stereocenters. The van der Waals surface area contributed by atoms with Gasteiger partial charge in [0, 0.05) is 0 Å². The molecule has 2 aromatic rings. The Balaban J connectivity index is 2.72. The normalized spacial score (nSPS) is 9.93. The van der Waals surface area contributed by atoms with Crippen molar-refractivity contribution in [1.82, 2.24) is 9.97 Å². The molecule has 0 radical (unpaired) electrons. The van der Waals surface area contributed by atoms with E-state index in [1.807, 2.05) is 24.3 Å². The van der Waals surface area contributed by atoms with Crippen LogP contribution in [0, 0.1) is 12.3 Å². The van der Waals surface area contributed by atoms with Crippen LogP contribution in [0.4, 0.5) is 0 Å². The number of para-hydroxylation sites is 2. The van der Waals surface area contributed by atoms with E-state index in [2.05, 4.69) is 15.9 Å². The molecule has 1 aromatic heterocycles. The summed E-state index contributed by atoms with van der Waals surface area (Å²) >= 11 is 0. The first-order valence-corrected chi connectivity index (χ1v) is 4.22. The monoisotopic (exact) mass is 184 g/mol. The van der Waals surface area contributed by atoms with E-state index in [1.54, 1.807) is 0 Å². The van der Waals surface area contributed by atoms with E-state index >= 15 is 0 Å². The van der Waals surface area contributed by atoms with Gasteiger partial charge < -0.3 is 4.98 Å². The molecule has 0 fully saturated rings. The van der Waals surface area contributed by atoms with E-state index in [4.69, 9.17) is 6.42 Å². The van der Waals surface area contributed by atoms with Crippen molar-refractivity contribution >= 4 is 11.0 Å². The zero-order chi connectivity index (χ0) is 9.97. The van der Waals surface area contributed by atoms with E-state index in [0.29, 0.717) is 5.69 Å². The highest BCUT2D eigenvalue weighted by Gasteiger charge is 2.01. The lowest BCUT2D eigenvalue weighted by atomic mass is 10.2. The molecule has 0 aliphatic rings. The Bertz CT molecular complexity index is 563. The Kier molecular flexibility index (Phi) is 2.04. The van der Waals surface area contributed by atoms with E-state index < -0.39 is 0 Å². The highest BCUT2D eigenvalue weighted by Crippen LogP contribution is 2.05. The fraction of sp³-hybridized carbons (Fsp3) is 0.0909. The van der Waals surface area contributed by atoms with Gasteiger partial charge in [0.1, 0.15) is 5.69 Å². The van der Waals surface area contributed by atoms with Crippen LogP contribution in [0.25, 0.3) is 11.0 Å². The molecule has 1 heterocycles. The number of aromatic amines is 1. The van der Waals surface area contributed by atoms with Crippen LogP contribution in [0.1, 0.15) is 5.69 Å². The van der Waals surface area contributed by atoms with Crippen molar-refractivity contribution in [3.8, 4) is 12.3 Å². The number of aromatic nitrogens is 2. The number of fused-ring (bicyclic) bond motifs is 1. The highest BCUT2D eigenvalue weighted by molar-refractivity contribution is 5.73. The predicted octanol–water partition coefficient (Wildman–Crippen LogP) is 1.10. The standard InChI is InChI=1S/C11H8N2O/c1-2-5-10-11(14)13-9-7-4-3-6-8(9)12-10/h1,3-4,6-7H,5H2,(H,13,14). The summed E-state index contributed by atoms with van der Waals surface area (Å²) in [6.07, 6.45) is 5.39. The Morgan fingerprint density at radius 2 is 2.21 bits per heavy atom. The van der Waals surface area contributed by atoms with Crippen molar-refractivity contribution in [3.63, 3.8) is 0 Å². The molecular formula is C11H8N2O. The summed E-state index contributed by atoms with van der Waals surface area (Å²) < 4.78 is 0. The topological polar surface area (TPSA) is 45.8 Å². The number of H-pyrrole nitrogens is 1. The van der Waals surface area contributed by atoms with Gasteiger partial charge in [0.05, 0.1) is 17.5 Å².